The number of nitrogens with zero attached hydrogens (tertiary/aromatic N) is 1. The first-order valence-electron chi connectivity index (χ1n) is 7.96. The number of benzene rings is 2. The Hall–Kier alpha value is -1.60. The maximum absolute atomic E-state index is 2.52. The molecule has 0 amide bonds. The number of likely N-dealkylation sites (tertiary alicyclic amines) is 1. The topological polar surface area (TPSA) is 3.24 Å². The second-order valence-electron chi connectivity index (χ2n) is 6.59. The molecular weight excluding hydrogens is 254 g/mol. The Labute approximate surface area is 128 Å². The van der Waals surface area contributed by atoms with E-state index in [2.05, 4.69) is 86.5 Å². The summed E-state index contributed by atoms with van der Waals surface area (Å²) in [7, 11) is 2.26. The van der Waals surface area contributed by atoms with Crippen molar-refractivity contribution in [3.63, 3.8) is 0 Å². The zero-order chi connectivity index (χ0) is 14.9. The first-order valence-corrected chi connectivity index (χ1v) is 7.96. The fourth-order valence-corrected chi connectivity index (χ4v) is 3.97. The minimum Gasteiger partial charge on any atom is -0.301 e. The van der Waals surface area contributed by atoms with Gasteiger partial charge in [0.25, 0.3) is 0 Å². The van der Waals surface area contributed by atoms with Crippen molar-refractivity contribution in [2.45, 2.75) is 44.2 Å². The predicted octanol–water partition coefficient (Wildman–Crippen LogP) is 4.48. The fourth-order valence-electron chi connectivity index (χ4n) is 3.97. The van der Waals surface area contributed by atoms with E-state index < -0.39 is 0 Å². The van der Waals surface area contributed by atoms with E-state index in [0.29, 0.717) is 12.1 Å². The highest BCUT2D eigenvalue weighted by atomic mass is 15.2. The van der Waals surface area contributed by atoms with Gasteiger partial charge in [-0.1, -0.05) is 60.7 Å². The van der Waals surface area contributed by atoms with Gasteiger partial charge in [-0.3, -0.25) is 0 Å². The van der Waals surface area contributed by atoms with E-state index in [1.807, 2.05) is 0 Å². The molecule has 1 aliphatic rings. The van der Waals surface area contributed by atoms with Crippen molar-refractivity contribution in [1.82, 2.24) is 4.90 Å². The van der Waals surface area contributed by atoms with Crippen LogP contribution < -0.4 is 0 Å². The Morgan fingerprint density at radius 1 is 0.762 bits per heavy atom. The van der Waals surface area contributed by atoms with Gasteiger partial charge < -0.3 is 4.90 Å². The van der Waals surface area contributed by atoms with E-state index in [4.69, 9.17) is 0 Å². The molecule has 0 radical (unpaired) electrons. The molecular formula is C20H25N. The fraction of sp³-hybridized carbons (Fsp3) is 0.400. The molecule has 0 aliphatic carbocycles. The zero-order valence-electron chi connectivity index (χ0n) is 13.3. The molecule has 2 aromatic carbocycles. The van der Waals surface area contributed by atoms with Crippen molar-refractivity contribution in [2.75, 3.05) is 7.05 Å². The van der Waals surface area contributed by atoms with Gasteiger partial charge in [-0.25, -0.2) is 0 Å². The van der Waals surface area contributed by atoms with Crippen LogP contribution in [0.25, 0.3) is 0 Å². The van der Waals surface area contributed by atoms with Crippen molar-refractivity contribution in [3.8, 4) is 0 Å². The van der Waals surface area contributed by atoms with Crippen LogP contribution in [0, 0.1) is 0 Å². The third kappa shape index (κ3) is 2.51. The summed E-state index contributed by atoms with van der Waals surface area (Å²) in [6.45, 7) is 4.71. The molecule has 0 N–H and O–H groups in total. The molecule has 0 saturated carbocycles. The highest BCUT2D eigenvalue weighted by molar-refractivity contribution is 5.40. The molecule has 1 saturated heterocycles. The van der Waals surface area contributed by atoms with Crippen molar-refractivity contribution in [2.24, 2.45) is 0 Å². The normalized spacial score (nSPS) is 25.7. The second kappa shape index (κ2) is 5.65. The Kier molecular flexibility index (Phi) is 3.86. The van der Waals surface area contributed by atoms with Gasteiger partial charge >= 0.3 is 0 Å². The van der Waals surface area contributed by atoms with E-state index >= 15 is 0 Å². The molecule has 0 bridgehead atoms. The Morgan fingerprint density at radius 3 is 1.52 bits per heavy atom. The maximum Gasteiger partial charge on any atom is 0.0232 e. The van der Waals surface area contributed by atoms with E-state index in [1.165, 1.54) is 24.0 Å². The van der Waals surface area contributed by atoms with Crippen LogP contribution >= 0.6 is 0 Å². The van der Waals surface area contributed by atoms with Crippen molar-refractivity contribution < 1.29 is 0 Å². The van der Waals surface area contributed by atoms with Gasteiger partial charge in [-0.05, 0) is 44.9 Å². The summed E-state index contributed by atoms with van der Waals surface area (Å²) >= 11 is 0. The highest BCUT2D eigenvalue weighted by Gasteiger charge is 2.42. The minimum atomic E-state index is 0.147. The third-order valence-electron chi connectivity index (χ3n) is 5.33. The summed E-state index contributed by atoms with van der Waals surface area (Å²) in [5.74, 6) is 0. The van der Waals surface area contributed by atoms with Crippen LogP contribution in [0.15, 0.2) is 60.7 Å². The summed E-state index contributed by atoms with van der Waals surface area (Å²) < 4.78 is 0. The van der Waals surface area contributed by atoms with E-state index in [-0.39, 0.29) is 5.41 Å². The summed E-state index contributed by atoms with van der Waals surface area (Å²) in [6, 6.07) is 23.3. The lowest BCUT2D eigenvalue weighted by molar-refractivity contribution is 0.0936. The van der Waals surface area contributed by atoms with Gasteiger partial charge in [-0.2, -0.15) is 0 Å². The monoisotopic (exact) mass is 279 g/mol. The average Bonchev–Trinajstić information content (AvgIpc) is 2.54. The second-order valence-corrected chi connectivity index (χ2v) is 6.59. The van der Waals surface area contributed by atoms with E-state index in [9.17, 15) is 0 Å². The van der Waals surface area contributed by atoms with Crippen molar-refractivity contribution in [1.29, 1.82) is 0 Å². The Morgan fingerprint density at radius 2 is 1.14 bits per heavy atom. The van der Waals surface area contributed by atoms with Gasteiger partial charge in [0, 0.05) is 17.5 Å². The number of hydrogen-bond donors (Lipinski definition) is 0. The predicted molar refractivity (Wildman–Crippen MR) is 89.6 cm³/mol. The van der Waals surface area contributed by atoms with Crippen LogP contribution in [0.1, 0.15) is 37.8 Å². The lowest BCUT2D eigenvalue weighted by atomic mass is 9.64. The van der Waals surface area contributed by atoms with Crippen LogP contribution in [-0.4, -0.2) is 24.0 Å². The highest BCUT2D eigenvalue weighted by Crippen LogP contribution is 2.45. The molecule has 0 spiro atoms. The Balaban J connectivity index is 2.13. The van der Waals surface area contributed by atoms with Gasteiger partial charge in [0.2, 0.25) is 0 Å². The third-order valence-corrected chi connectivity index (χ3v) is 5.33. The molecule has 3 rings (SSSR count). The lowest BCUT2D eigenvalue weighted by Crippen LogP contribution is -2.51. The van der Waals surface area contributed by atoms with E-state index in [1.54, 1.807) is 0 Å². The molecule has 1 aliphatic heterocycles. The van der Waals surface area contributed by atoms with Gasteiger partial charge in [0.05, 0.1) is 0 Å². The average molecular weight is 279 g/mol. The molecule has 0 unspecified atom stereocenters. The van der Waals surface area contributed by atoms with Gasteiger partial charge in [0.15, 0.2) is 0 Å². The smallest absolute Gasteiger partial charge is 0.0232 e. The van der Waals surface area contributed by atoms with Crippen LogP contribution in [0.3, 0.4) is 0 Å². The first-order chi connectivity index (χ1) is 10.1. The molecule has 2 atom stereocenters. The SMILES string of the molecule is C[C@H]1CC(c2ccccc2)(c2ccccc2)C[C@H](C)N1C. The summed E-state index contributed by atoms with van der Waals surface area (Å²) in [5, 5.41) is 0. The van der Waals surface area contributed by atoms with Crippen molar-refractivity contribution in [3.05, 3.63) is 71.8 Å². The lowest BCUT2D eigenvalue weighted by Gasteiger charge is -2.49. The summed E-state index contributed by atoms with van der Waals surface area (Å²) in [6.07, 6.45) is 2.36. The van der Waals surface area contributed by atoms with Crippen LogP contribution in [0.5, 0.6) is 0 Å². The summed E-state index contributed by atoms with van der Waals surface area (Å²) in [5.41, 5.74) is 3.07. The van der Waals surface area contributed by atoms with Crippen LogP contribution in [-0.2, 0) is 5.41 Å². The van der Waals surface area contributed by atoms with Crippen LogP contribution in [0.4, 0.5) is 0 Å². The molecule has 1 heterocycles. The maximum atomic E-state index is 2.52. The molecule has 1 fully saturated rings. The van der Waals surface area contributed by atoms with Gasteiger partial charge in [-0.15, -0.1) is 0 Å². The molecule has 1 nitrogen and oxygen atoms in total. The summed E-state index contributed by atoms with van der Waals surface area (Å²) in [4.78, 5) is 2.52. The molecule has 0 aromatic heterocycles. The number of hydrogen-bond acceptors (Lipinski definition) is 1. The molecule has 2 aromatic rings. The minimum absolute atomic E-state index is 0.147. The largest absolute Gasteiger partial charge is 0.301 e. The number of piperidine rings is 1. The molecule has 1 heteroatoms. The molecule has 21 heavy (non-hydrogen) atoms. The van der Waals surface area contributed by atoms with Crippen LogP contribution in [0.2, 0.25) is 0 Å². The van der Waals surface area contributed by atoms with Crippen molar-refractivity contribution >= 4 is 0 Å². The van der Waals surface area contributed by atoms with Gasteiger partial charge in [0.1, 0.15) is 0 Å². The molecule has 110 valence electrons. The zero-order valence-corrected chi connectivity index (χ0v) is 13.3. The standard InChI is InChI=1S/C20H25N/c1-16-14-20(15-17(2)21(16)3,18-10-6-4-7-11-18)19-12-8-5-9-13-19/h4-13,16-17H,14-15H2,1-3H3/t16-,17-/m0/s1. The quantitative estimate of drug-likeness (QED) is 0.783. The number of rotatable bonds is 2. The first kappa shape index (κ1) is 14.3. The Bertz CT molecular complexity index is 522. The van der Waals surface area contributed by atoms with E-state index in [0.717, 1.165) is 0 Å².